The molecule has 1 fully saturated rings. The first-order valence-electron chi connectivity index (χ1n) is 6.17. The molecule has 2 rings (SSSR count). The van der Waals surface area contributed by atoms with E-state index in [1.165, 1.54) is 6.20 Å². The highest BCUT2D eigenvalue weighted by Gasteiger charge is 2.24. The minimum atomic E-state index is -0.751. The highest BCUT2D eigenvalue weighted by atomic mass is 17.0. The molecule has 7 heteroatoms. The quantitative estimate of drug-likeness (QED) is 0.654. The molecule has 0 spiro atoms. The van der Waals surface area contributed by atoms with Crippen LogP contribution in [0.15, 0.2) is 24.5 Å². The average molecular weight is 265 g/mol. The zero-order valence-electron chi connectivity index (χ0n) is 10.3. The molecule has 1 N–H and O–H groups in total. The maximum atomic E-state index is 11.9. The number of amides is 1. The van der Waals surface area contributed by atoms with E-state index in [2.05, 4.69) is 15.1 Å². The van der Waals surface area contributed by atoms with E-state index in [1.54, 1.807) is 18.3 Å². The number of hydrogen-bond donors (Lipinski definition) is 1. The van der Waals surface area contributed by atoms with Crippen molar-refractivity contribution < 1.29 is 14.7 Å². The Kier molecular flexibility index (Phi) is 4.27. The third kappa shape index (κ3) is 3.90. The highest BCUT2D eigenvalue weighted by molar-refractivity contribution is 5.93. The molecule has 1 aromatic rings. The summed E-state index contributed by atoms with van der Waals surface area (Å²) < 4.78 is 0. The van der Waals surface area contributed by atoms with Gasteiger partial charge in [0.15, 0.2) is 0 Å². The molecule has 0 bridgehead atoms. The number of rotatable bonds is 4. The zero-order chi connectivity index (χ0) is 13.7. The molecule has 1 heterocycles. The standard InChI is InChI=1S/C12H15N3O4/c16-12(9-2-1-7-13-8-9)14-10-3-5-11(6-4-10)19-15(17)18/h1-2,7-8,10-11H,3-6H2,(H,14,16). The van der Waals surface area contributed by atoms with Gasteiger partial charge in [-0.25, -0.2) is 0 Å². The van der Waals surface area contributed by atoms with Crippen molar-refractivity contribution in [3.8, 4) is 0 Å². The van der Waals surface area contributed by atoms with Crippen LogP contribution in [0.2, 0.25) is 0 Å². The van der Waals surface area contributed by atoms with E-state index in [9.17, 15) is 14.9 Å². The second kappa shape index (κ2) is 6.12. The van der Waals surface area contributed by atoms with Gasteiger partial charge >= 0.3 is 0 Å². The van der Waals surface area contributed by atoms with Gasteiger partial charge in [-0.2, -0.15) is 0 Å². The van der Waals surface area contributed by atoms with Gasteiger partial charge in [0.05, 0.1) is 5.56 Å². The molecular formula is C12H15N3O4. The van der Waals surface area contributed by atoms with Gasteiger partial charge in [0.2, 0.25) is 0 Å². The van der Waals surface area contributed by atoms with Crippen LogP contribution < -0.4 is 5.32 Å². The van der Waals surface area contributed by atoms with Crippen LogP contribution in [-0.2, 0) is 4.84 Å². The molecule has 7 nitrogen and oxygen atoms in total. The lowest BCUT2D eigenvalue weighted by Gasteiger charge is -2.27. The average Bonchev–Trinajstić information content (AvgIpc) is 2.41. The Morgan fingerprint density at radius 3 is 2.74 bits per heavy atom. The summed E-state index contributed by atoms with van der Waals surface area (Å²) in [7, 11) is 0. The van der Waals surface area contributed by atoms with Gasteiger partial charge in [0, 0.05) is 18.4 Å². The van der Waals surface area contributed by atoms with Crippen LogP contribution in [0.3, 0.4) is 0 Å². The second-order valence-corrected chi connectivity index (χ2v) is 4.52. The number of hydrogen-bond acceptors (Lipinski definition) is 5. The van der Waals surface area contributed by atoms with E-state index in [1.807, 2.05) is 0 Å². The SMILES string of the molecule is O=C(NC1CCC(O[N+](=O)[O-])CC1)c1cccnc1. The minimum absolute atomic E-state index is 0.0410. The van der Waals surface area contributed by atoms with E-state index in [0.717, 1.165) is 0 Å². The minimum Gasteiger partial charge on any atom is -0.349 e. The number of nitrogens with one attached hydrogen (secondary N) is 1. The fourth-order valence-corrected chi connectivity index (χ4v) is 2.20. The predicted molar refractivity (Wildman–Crippen MR) is 65.8 cm³/mol. The van der Waals surface area contributed by atoms with Crippen LogP contribution in [0, 0.1) is 10.1 Å². The van der Waals surface area contributed by atoms with Crippen molar-refractivity contribution in [3.05, 3.63) is 40.2 Å². The summed E-state index contributed by atoms with van der Waals surface area (Å²) in [5.74, 6) is -0.160. The zero-order valence-corrected chi connectivity index (χ0v) is 10.3. The molecule has 102 valence electrons. The molecule has 1 saturated carbocycles. The van der Waals surface area contributed by atoms with E-state index in [4.69, 9.17) is 0 Å². The third-order valence-electron chi connectivity index (χ3n) is 3.17. The monoisotopic (exact) mass is 265 g/mol. The van der Waals surface area contributed by atoms with Crippen molar-refractivity contribution in [2.45, 2.75) is 37.8 Å². The van der Waals surface area contributed by atoms with Gasteiger partial charge in [0.1, 0.15) is 6.10 Å². The summed E-state index contributed by atoms with van der Waals surface area (Å²) in [6, 6.07) is 3.44. The summed E-state index contributed by atoms with van der Waals surface area (Å²) in [6.45, 7) is 0. The van der Waals surface area contributed by atoms with Crippen molar-refractivity contribution in [1.82, 2.24) is 10.3 Å². The first-order chi connectivity index (χ1) is 9.15. The van der Waals surface area contributed by atoms with Gasteiger partial charge in [-0.15, -0.1) is 10.1 Å². The van der Waals surface area contributed by atoms with Crippen LogP contribution in [0.5, 0.6) is 0 Å². The second-order valence-electron chi connectivity index (χ2n) is 4.52. The summed E-state index contributed by atoms with van der Waals surface area (Å²) in [6.07, 6.45) is 5.31. The molecule has 0 saturated heterocycles. The van der Waals surface area contributed by atoms with Crippen LogP contribution in [-0.4, -0.2) is 28.1 Å². The summed E-state index contributed by atoms with van der Waals surface area (Å²) in [5.41, 5.74) is 0.520. The smallest absolute Gasteiger partial charge is 0.294 e. The molecule has 0 radical (unpaired) electrons. The van der Waals surface area contributed by atoms with Crippen LogP contribution >= 0.6 is 0 Å². The maximum Gasteiger partial charge on any atom is 0.294 e. The van der Waals surface area contributed by atoms with Crippen molar-refractivity contribution in [3.63, 3.8) is 0 Å². The fraction of sp³-hybridized carbons (Fsp3) is 0.500. The van der Waals surface area contributed by atoms with Gasteiger partial charge in [-0.3, -0.25) is 9.78 Å². The Labute approximate surface area is 110 Å². The first kappa shape index (κ1) is 13.3. The maximum absolute atomic E-state index is 11.9. The fourth-order valence-electron chi connectivity index (χ4n) is 2.20. The molecule has 1 amide bonds. The number of carbonyl (C=O) groups is 1. The van der Waals surface area contributed by atoms with Gasteiger partial charge in [-0.05, 0) is 37.8 Å². The van der Waals surface area contributed by atoms with Crippen molar-refractivity contribution >= 4 is 5.91 Å². The molecule has 0 atom stereocenters. The Hall–Kier alpha value is -2.18. The van der Waals surface area contributed by atoms with E-state index in [0.29, 0.717) is 31.2 Å². The van der Waals surface area contributed by atoms with Crippen molar-refractivity contribution in [2.24, 2.45) is 0 Å². The molecular weight excluding hydrogens is 250 g/mol. The van der Waals surface area contributed by atoms with E-state index in [-0.39, 0.29) is 18.1 Å². The molecule has 0 unspecified atom stereocenters. The van der Waals surface area contributed by atoms with Crippen molar-refractivity contribution in [2.75, 3.05) is 0 Å². The Morgan fingerprint density at radius 1 is 1.42 bits per heavy atom. The largest absolute Gasteiger partial charge is 0.349 e. The molecule has 0 aliphatic heterocycles. The lowest BCUT2D eigenvalue weighted by Crippen LogP contribution is -2.39. The Balaban J connectivity index is 1.80. The predicted octanol–water partition coefficient (Wildman–Crippen LogP) is 1.33. The van der Waals surface area contributed by atoms with Crippen LogP contribution in [0.1, 0.15) is 36.0 Å². The summed E-state index contributed by atoms with van der Waals surface area (Å²) in [5, 5.41) is 12.4. The number of pyridine rings is 1. The molecule has 1 aromatic heterocycles. The normalized spacial score (nSPS) is 22.5. The summed E-state index contributed by atoms with van der Waals surface area (Å²) >= 11 is 0. The number of carbonyl (C=O) groups excluding carboxylic acids is 1. The van der Waals surface area contributed by atoms with Gasteiger partial charge < -0.3 is 10.2 Å². The Morgan fingerprint density at radius 2 is 2.16 bits per heavy atom. The molecule has 0 aromatic carbocycles. The Bertz CT molecular complexity index is 444. The lowest BCUT2D eigenvalue weighted by molar-refractivity contribution is -0.769. The lowest BCUT2D eigenvalue weighted by atomic mass is 9.93. The van der Waals surface area contributed by atoms with E-state index < -0.39 is 5.09 Å². The van der Waals surface area contributed by atoms with Crippen molar-refractivity contribution in [1.29, 1.82) is 0 Å². The molecule has 1 aliphatic carbocycles. The van der Waals surface area contributed by atoms with Gasteiger partial charge in [0.25, 0.3) is 11.0 Å². The molecule has 19 heavy (non-hydrogen) atoms. The highest BCUT2D eigenvalue weighted by Crippen LogP contribution is 2.21. The van der Waals surface area contributed by atoms with Crippen LogP contribution in [0.4, 0.5) is 0 Å². The first-order valence-corrected chi connectivity index (χ1v) is 6.17. The number of nitrogens with zero attached hydrogens (tertiary/aromatic N) is 2. The van der Waals surface area contributed by atoms with Gasteiger partial charge in [-0.1, -0.05) is 0 Å². The topological polar surface area (TPSA) is 94.4 Å². The van der Waals surface area contributed by atoms with Crippen LogP contribution in [0.25, 0.3) is 0 Å². The third-order valence-corrected chi connectivity index (χ3v) is 3.17. The summed E-state index contributed by atoms with van der Waals surface area (Å²) in [4.78, 5) is 30.5. The van der Waals surface area contributed by atoms with E-state index >= 15 is 0 Å². The molecule has 1 aliphatic rings. The number of aromatic nitrogens is 1.